The Kier molecular flexibility index (Phi) is 3.31. The van der Waals surface area contributed by atoms with Crippen molar-refractivity contribution in [3.8, 4) is 0 Å². The molecule has 0 saturated carbocycles. The lowest BCUT2D eigenvalue weighted by atomic mass is 10.0. The molecule has 4 N–H and O–H groups in total. The second-order valence-electron chi connectivity index (χ2n) is 3.68. The normalized spacial score (nSPS) is 13.1. The number of hydrogen-bond donors (Lipinski definition) is 3. The third-order valence-electron chi connectivity index (χ3n) is 2.09. The van der Waals surface area contributed by atoms with E-state index < -0.39 is 17.6 Å². The van der Waals surface area contributed by atoms with Crippen molar-refractivity contribution in [1.82, 2.24) is 5.16 Å². The van der Waals surface area contributed by atoms with Crippen molar-refractivity contribution in [2.75, 3.05) is 0 Å². The maximum Gasteiger partial charge on any atom is 0.320 e. The summed E-state index contributed by atoms with van der Waals surface area (Å²) in [6.07, 6.45) is -0.0192. The summed E-state index contributed by atoms with van der Waals surface area (Å²) in [4.78, 5) is 21.9. The molecule has 1 rings (SSSR count). The minimum Gasteiger partial charge on any atom is -0.480 e. The second-order valence-corrected chi connectivity index (χ2v) is 3.68. The number of aromatic amines is 1. The molecule has 1 aromatic rings. The molecule has 1 atom stereocenters. The van der Waals surface area contributed by atoms with Crippen LogP contribution in [0.3, 0.4) is 0 Å². The van der Waals surface area contributed by atoms with Crippen LogP contribution in [-0.2, 0) is 11.2 Å². The van der Waals surface area contributed by atoms with Crippen molar-refractivity contribution >= 4 is 5.97 Å². The quantitative estimate of drug-likeness (QED) is 0.655. The Hall–Kier alpha value is -1.56. The van der Waals surface area contributed by atoms with E-state index in [1.165, 1.54) is 0 Å². The maximum absolute atomic E-state index is 11.3. The summed E-state index contributed by atoms with van der Waals surface area (Å²) < 4.78 is 4.95. The number of hydrogen-bond acceptors (Lipinski definition) is 4. The monoisotopic (exact) mass is 214 g/mol. The van der Waals surface area contributed by atoms with Crippen LogP contribution in [0.4, 0.5) is 0 Å². The summed E-state index contributed by atoms with van der Waals surface area (Å²) in [6, 6.07) is -1.08. The van der Waals surface area contributed by atoms with Crippen molar-refractivity contribution in [3.63, 3.8) is 0 Å². The Labute approximate surface area is 86.0 Å². The first-order chi connectivity index (χ1) is 6.93. The standard InChI is InChI=1S/C9H14N2O4/c1-4(2)7-5(8(12)11-15-7)3-6(10)9(13)14/h4,6H,3,10H2,1-2H3,(H,11,12)(H,13,14). The minimum absolute atomic E-state index is 0.0138. The number of nitrogens with one attached hydrogen (secondary N) is 1. The molecule has 1 unspecified atom stereocenters. The highest BCUT2D eigenvalue weighted by molar-refractivity contribution is 5.73. The van der Waals surface area contributed by atoms with Gasteiger partial charge in [-0.2, -0.15) is 5.16 Å². The first-order valence-electron chi connectivity index (χ1n) is 4.62. The zero-order valence-electron chi connectivity index (χ0n) is 8.61. The molecule has 0 bridgehead atoms. The molecule has 84 valence electrons. The number of aliphatic carboxylic acids is 1. The van der Waals surface area contributed by atoms with Gasteiger partial charge in [-0.3, -0.25) is 9.59 Å². The molecule has 0 spiro atoms. The molecule has 1 aromatic heterocycles. The second kappa shape index (κ2) is 4.31. The number of carboxylic acid groups (broad SMARTS) is 1. The van der Waals surface area contributed by atoms with Crippen LogP contribution < -0.4 is 11.3 Å². The Balaban J connectivity index is 2.98. The van der Waals surface area contributed by atoms with Gasteiger partial charge in [0.05, 0.1) is 5.56 Å². The number of carboxylic acids is 1. The van der Waals surface area contributed by atoms with Crippen molar-refractivity contribution < 1.29 is 14.4 Å². The lowest BCUT2D eigenvalue weighted by Gasteiger charge is -2.06. The van der Waals surface area contributed by atoms with Gasteiger partial charge in [0.25, 0.3) is 5.56 Å². The Morgan fingerprint density at radius 3 is 2.67 bits per heavy atom. The van der Waals surface area contributed by atoms with Crippen LogP contribution in [-0.4, -0.2) is 22.3 Å². The first kappa shape index (κ1) is 11.5. The predicted octanol–water partition coefficient (Wildman–Crippen LogP) is 0.0457. The van der Waals surface area contributed by atoms with Crippen molar-refractivity contribution in [3.05, 3.63) is 21.7 Å². The van der Waals surface area contributed by atoms with Crippen LogP contribution in [0.15, 0.2) is 9.32 Å². The molecule has 0 aliphatic carbocycles. The number of nitrogens with two attached hydrogens (primary N) is 1. The molecule has 1 heterocycles. The molecule has 6 nitrogen and oxygen atoms in total. The Morgan fingerprint density at radius 2 is 2.20 bits per heavy atom. The summed E-state index contributed by atoms with van der Waals surface area (Å²) in [5.74, 6) is -0.651. The molecule has 0 radical (unpaired) electrons. The SMILES string of the molecule is CC(C)c1o[nH]c(=O)c1CC(N)C(=O)O. The highest BCUT2D eigenvalue weighted by Crippen LogP contribution is 2.16. The molecule has 0 aromatic carbocycles. The third-order valence-corrected chi connectivity index (χ3v) is 2.09. The fourth-order valence-corrected chi connectivity index (χ4v) is 1.30. The van der Waals surface area contributed by atoms with Gasteiger partial charge >= 0.3 is 5.97 Å². The largest absolute Gasteiger partial charge is 0.480 e. The third kappa shape index (κ3) is 2.47. The van der Waals surface area contributed by atoms with Gasteiger partial charge in [0, 0.05) is 12.3 Å². The van der Waals surface area contributed by atoms with Gasteiger partial charge in [-0.05, 0) is 0 Å². The number of H-pyrrole nitrogens is 1. The van der Waals surface area contributed by atoms with Crippen LogP contribution in [0, 0.1) is 0 Å². The first-order valence-corrected chi connectivity index (χ1v) is 4.62. The van der Waals surface area contributed by atoms with Crippen molar-refractivity contribution in [2.24, 2.45) is 5.73 Å². The van der Waals surface area contributed by atoms with Gasteiger partial charge < -0.3 is 15.4 Å². The van der Waals surface area contributed by atoms with Gasteiger partial charge in [-0.1, -0.05) is 13.8 Å². The molecule has 0 fully saturated rings. The highest BCUT2D eigenvalue weighted by Gasteiger charge is 2.21. The average Bonchev–Trinajstić information content (AvgIpc) is 2.48. The zero-order valence-corrected chi connectivity index (χ0v) is 8.61. The maximum atomic E-state index is 11.3. The molecule has 0 aliphatic heterocycles. The average molecular weight is 214 g/mol. The lowest BCUT2D eigenvalue weighted by molar-refractivity contribution is -0.138. The molecular weight excluding hydrogens is 200 g/mol. The van der Waals surface area contributed by atoms with Crippen molar-refractivity contribution in [1.29, 1.82) is 0 Å². The van der Waals surface area contributed by atoms with Crippen LogP contribution in [0.2, 0.25) is 0 Å². The summed E-state index contributed by atoms with van der Waals surface area (Å²) >= 11 is 0. The van der Waals surface area contributed by atoms with Crippen LogP contribution in [0.1, 0.15) is 31.1 Å². The highest BCUT2D eigenvalue weighted by atomic mass is 16.5. The molecule has 0 saturated heterocycles. The van der Waals surface area contributed by atoms with Gasteiger partial charge in [0.2, 0.25) is 0 Å². The van der Waals surface area contributed by atoms with E-state index in [2.05, 4.69) is 5.16 Å². The minimum atomic E-state index is -1.13. The van der Waals surface area contributed by atoms with E-state index in [0.29, 0.717) is 11.3 Å². The molecule has 0 aliphatic rings. The smallest absolute Gasteiger partial charge is 0.320 e. The summed E-state index contributed by atoms with van der Waals surface area (Å²) in [5.41, 5.74) is 5.26. The van der Waals surface area contributed by atoms with Gasteiger partial charge in [-0.25, -0.2) is 0 Å². The van der Waals surface area contributed by atoms with E-state index in [-0.39, 0.29) is 12.3 Å². The topological polar surface area (TPSA) is 109 Å². The number of aromatic nitrogens is 1. The van der Waals surface area contributed by atoms with Gasteiger partial charge in [0.15, 0.2) is 0 Å². The van der Waals surface area contributed by atoms with E-state index in [9.17, 15) is 9.59 Å². The fourth-order valence-electron chi connectivity index (χ4n) is 1.30. The Morgan fingerprint density at radius 1 is 1.60 bits per heavy atom. The van der Waals surface area contributed by atoms with Crippen molar-refractivity contribution in [2.45, 2.75) is 32.2 Å². The van der Waals surface area contributed by atoms with Crippen LogP contribution >= 0.6 is 0 Å². The fraction of sp³-hybridized carbons (Fsp3) is 0.556. The molecular formula is C9H14N2O4. The lowest BCUT2D eigenvalue weighted by Crippen LogP contribution is -2.34. The van der Waals surface area contributed by atoms with E-state index in [1.54, 1.807) is 0 Å². The molecule has 15 heavy (non-hydrogen) atoms. The molecule has 0 amide bonds. The number of carbonyl (C=O) groups is 1. The molecule has 6 heteroatoms. The predicted molar refractivity (Wildman–Crippen MR) is 52.7 cm³/mol. The van der Waals surface area contributed by atoms with E-state index >= 15 is 0 Å². The van der Waals surface area contributed by atoms with Crippen LogP contribution in [0.25, 0.3) is 0 Å². The van der Waals surface area contributed by atoms with E-state index in [0.717, 1.165) is 0 Å². The van der Waals surface area contributed by atoms with E-state index in [4.69, 9.17) is 15.4 Å². The summed E-state index contributed by atoms with van der Waals surface area (Å²) in [7, 11) is 0. The number of rotatable bonds is 4. The van der Waals surface area contributed by atoms with E-state index in [1.807, 2.05) is 13.8 Å². The summed E-state index contributed by atoms with van der Waals surface area (Å²) in [6.45, 7) is 3.70. The zero-order chi connectivity index (χ0) is 11.6. The van der Waals surface area contributed by atoms with Crippen LogP contribution in [0.5, 0.6) is 0 Å². The van der Waals surface area contributed by atoms with Gasteiger partial charge in [-0.15, -0.1) is 0 Å². The summed E-state index contributed by atoms with van der Waals surface area (Å²) in [5, 5.41) is 10.8. The Bertz CT molecular complexity index is 404. The van der Waals surface area contributed by atoms with Gasteiger partial charge in [0.1, 0.15) is 11.8 Å².